The minimum atomic E-state index is -3.66. The van der Waals surface area contributed by atoms with Gasteiger partial charge >= 0.3 is 6.09 Å². The molecule has 0 atom stereocenters. The lowest BCUT2D eigenvalue weighted by Crippen LogP contribution is -2.50. The van der Waals surface area contributed by atoms with E-state index in [9.17, 15) is 13.2 Å². The van der Waals surface area contributed by atoms with Crippen LogP contribution in [0.1, 0.15) is 18.4 Å². The van der Waals surface area contributed by atoms with Crippen LogP contribution in [0.25, 0.3) is 10.8 Å². The molecule has 0 saturated carbocycles. The molecule has 0 N–H and O–H groups in total. The normalized spacial score (nSPS) is 17.9. The maximum absolute atomic E-state index is 13.3. The summed E-state index contributed by atoms with van der Waals surface area (Å²) in [4.78, 5) is 14.4. The summed E-state index contributed by atoms with van der Waals surface area (Å²) in [7, 11) is -3.66. The Balaban J connectivity index is 1.36. The fourth-order valence-electron chi connectivity index (χ4n) is 4.43. The van der Waals surface area contributed by atoms with Gasteiger partial charge in [-0.05, 0) is 54.6 Å². The van der Waals surface area contributed by atoms with Gasteiger partial charge in [-0.15, -0.1) is 0 Å². The first-order valence-electron chi connectivity index (χ1n) is 10.3. The summed E-state index contributed by atoms with van der Waals surface area (Å²) in [5, 5.41) is 2.76. The van der Waals surface area contributed by atoms with Crippen molar-refractivity contribution in [1.29, 1.82) is 0 Å². The van der Waals surface area contributed by atoms with Crippen molar-refractivity contribution in [2.24, 2.45) is 0 Å². The molecule has 6 nitrogen and oxygen atoms in total. The SMILES string of the molecule is O=C1OCc2cc(Cl)ccc2N1C1CCN(S(=O)(=O)c2ccc3c(Cl)cccc3c2)CC1. The quantitative estimate of drug-likeness (QED) is 0.488. The lowest BCUT2D eigenvalue weighted by atomic mass is 10.0. The van der Waals surface area contributed by atoms with Crippen LogP contribution in [0.3, 0.4) is 0 Å². The van der Waals surface area contributed by atoms with Crippen molar-refractivity contribution in [1.82, 2.24) is 4.31 Å². The fraction of sp³-hybridized carbons (Fsp3) is 0.261. The van der Waals surface area contributed by atoms with Gasteiger partial charge in [0.25, 0.3) is 0 Å². The van der Waals surface area contributed by atoms with Gasteiger partial charge in [0.1, 0.15) is 6.61 Å². The molecular formula is C23H20Cl2N2O4S. The maximum Gasteiger partial charge on any atom is 0.414 e. The average Bonchev–Trinajstić information content (AvgIpc) is 2.79. The molecule has 5 rings (SSSR count). The van der Waals surface area contributed by atoms with Crippen LogP contribution in [0, 0.1) is 0 Å². The number of carbonyl (C=O) groups is 1. The molecule has 0 aromatic heterocycles. The summed E-state index contributed by atoms with van der Waals surface area (Å²) < 4.78 is 33.3. The van der Waals surface area contributed by atoms with Crippen LogP contribution < -0.4 is 4.90 Å². The highest BCUT2D eigenvalue weighted by atomic mass is 35.5. The van der Waals surface area contributed by atoms with Gasteiger partial charge in [-0.25, -0.2) is 13.2 Å². The van der Waals surface area contributed by atoms with E-state index < -0.39 is 16.1 Å². The number of halogens is 2. The van der Waals surface area contributed by atoms with E-state index in [1.165, 1.54) is 4.31 Å². The zero-order valence-corrected chi connectivity index (χ0v) is 19.3. The molecule has 2 heterocycles. The first-order chi connectivity index (χ1) is 15.3. The Kier molecular flexibility index (Phi) is 5.53. The molecular weight excluding hydrogens is 471 g/mol. The molecule has 0 aliphatic carbocycles. The zero-order valence-electron chi connectivity index (χ0n) is 17.0. The number of hydrogen-bond donors (Lipinski definition) is 0. The molecule has 0 radical (unpaired) electrons. The molecule has 2 aliphatic rings. The third kappa shape index (κ3) is 3.73. The number of amides is 1. The fourth-order valence-corrected chi connectivity index (χ4v) is 6.38. The molecule has 1 saturated heterocycles. The van der Waals surface area contributed by atoms with Crippen molar-refractivity contribution in [3.8, 4) is 0 Å². The summed E-state index contributed by atoms with van der Waals surface area (Å²) in [6.45, 7) is 0.811. The van der Waals surface area contributed by atoms with Crippen molar-refractivity contribution in [3.05, 3.63) is 70.2 Å². The molecule has 166 valence electrons. The number of anilines is 1. The number of sulfonamides is 1. The van der Waals surface area contributed by atoms with E-state index in [2.05, 4.69) is 0 Å². The van der Waals surface area contributed by atoms with Crippen LogP contribution in [0.15, 0.2) is 59.5 Å². The van der Waals surface area contributed by atoms with E-state index in [0.29, 0.717) is 36.0 Å². The summed E-state index contributed by atoms with van der Waals surface area (Å²) >= 11 is 12.3. The van der Waals surface area contributed by atoms with Gasteiger partial charge in [0.15, 0.2) is 0 Å². The van der Waals surface area contributed by atoms with Crippen LogP contribution in [-0.4, -0.2) is 37.9 Å². The predicted octanol–water partition coefficient (Wildman–Crippen LogP) is 5.46. The first kappa shape index (κ1) is 21.5. The van der Waals surface area contributed by atoms with Gasteiger partial charge < -0.3 is 4.74 Å². The number of benzene rings is 3. The van der Waals surface area contributed by atoms with E-state index in [-0.39, 0.29) is 17.5 Å². The van der Waals surface area contributed by atoms with E-state index >= 15 is 0 Å². The predicted molar refractivity (Wildman–Crippen MR) is 125 cm³/mol. The third-order valence-corrected chi connectivity index (χ3v) is 8.53. The van der Waals surface area contributed by atoms with Gasteiger partial charge in [0.2, 0.25) is 10.0 Å². The van der Waals surface area contributed by atoms with Crippen LogP contribution in [0.2, 0.25) is 10.0 Å². The Morgan fingerprint density at radius 2 is 1.75 bits per heavy atom. The molecule has 3 aromatic carbocycles. The van der Waals surface area contributed by atoms with Gasteiger partial charge in [-0.2, -0.15) is 4.31 Å². The van der Waals surface area contributed by atoms with E-state index in [1.54, 1.807) is 47.4 Å². The molecule has 32 heavy (non-hydrogen) atoms. The average molecular weight is 491 g/mol. The second kappa shape index (κ2) is 8.23. The Hall–Kier alpha value is -2.32. The highest BCUT2D eigenvalue weighted by Gasteiger charge is 2.37. The Morgan fingerprint density at radius 1 is 0.969 bits per heavy atom. The van der Waals surface area contributed by atoms with Crippen LogP contribution in [-0.2, 0) is 21.4 Å². The minimum Gasteiger partial charge on any atom is -0.444 e. The number of nitrogens with zero attached hydrogens (tertiary/aromatic N) is 2. The number of hydrogen-bond acceptors (Lipinski definition) is 4. The number of fused-ring (bicyclic) bond motifs is 2. The third-order valence-electron chi connectivity index (χ3n) is 6.07. The van der Waals surface area contributed by atoms with Crippen molar-refractivity contribution in [2.75, 3.05) is 18.0 Å². The number of cyclic esters (lactones) is 1. The number of carbonyl (C=O) groups excluding carboxylic acids is 1. The molecule has 0 bridgehead atoms. The second-order valence-corrected chi connectivity index (χ2v) is 10.7. The summed E-state index contributed by atoms with van der Waals surface area (Å²) in [6, 6.07) is 15.6. The van der Waals surface area contributed by atoms with Gasteiger partial charge in [-0.3, -0.25) is 4.90 Å². The molecule has 9 heteroatoms. The number of ether oxygens (including phenoxy) is 1. The van der Waals surface area contributed by atoms with Crippen LogP contribution in [0.4, 0.5) is 10.5 Å². The Bertz CT molecular complexity index is 1320. The molecule has 2 aliphatic heterocycles. The Morgan fingerprint density at radius 3 is 2.53 bits per heavy atom. The number of rotatable bonds is 3. The maximum atomic E-state index is 13.3. The van der Waals surface area contributed by atoms with E-state index in [4.69, 9.17) is 27.9 Å². The monoisotopic (exact) mass is 490 g/mol. The van der Waals surface area contributed by atoms with E-state index in [1.807, 2.05) is 12.1 Å². The lowest BCUT2D eigenvalue weighted by molar-refractivity contribution is 0.136. The molecule has 0 unspecified atom stereocenters. The summed E-state index contributed by atoms with van der Waals surface area (Å²) in [6.07, 6.45) is 0.610. The Labute approximate surface area is 196 Å². The molecule has 0 spiro atoms. The lowest BCUT2D eigenvalue weighted by Gasteiger charge is -2.39. The van der Waals surface area contributed by atoms with Crippen molar-refractivity contribution < 1.29 is 17.9 Å². The largest absolute Gasteiger partial charge is 0.444 e. The topological polar surface area (TPSA) is 66.9 Å². The van der Waals surface area contributed by atoms with E-state index in [0.717, 1.165) is 22.0 Å². The van der Waals surface area contributed by atoms with Crippen molar-refractivity contribution in [3.63, 3.8) is 0 Å². The minimum absolute atomic E-state index is 0.149. The van der Waals surface area contributed by atoms with Gasteiger partial charge in [0.05, 0.1) is 10.6 Å². The van der Waals surface area contributed by atoms with Crippen molar-refractivity contribution in [2.45, 2.75) is 30.4 Å². The zero-order chi connectivity index (χ0) is 22.5. The molecule has 3 aromatic rings. The van der Waals surface area contributed by atoms with Crippen LogP contribution in [0.5, 0.6) is 0 Å². The second-order valence-electron chi connectivity index (χ2n) is 7.96. The highest BCUT2D eigenvalue weighted by molar-refractivity contribution is 7.89. The molecule has 1 fully saturated rings. The van der Waals surface area contributed by atoms with Gasteiger partial charge in [-0.1, -0.05) is 41.4 Å². The standard InChI is InChI=1S/C23H20Cl2N2O4S/c24-17-4-7-22-16(12-17)14-31-23(28)27(22)18-8-10-26(11-9-18)32(29,30)19-5-6-20-15(13-19)2-1-3-21(20)25/h1-7,12-13,18H,8-11,14H2. The van der Waals surface area contributed by atoms with Crippen molar-refractivity contribution >= 4 is 55.8 Å². The number of piperidine rings is 1. The summed E-state index contributed by atoms with van der Waals surface area (Å²) in [5.41, 5.74) is 1.63. The first-order valence-corrected chi connectivity index (χ1v) is 12.5. The smallest absolute Gasteiger partial charge is 0.414 e. The molecule has 1 amide bonds. The highest BCUT2D eigenvalue weighted by Crippen LogP contribution is 2.35. The summed E-state index contributed by atoms with van der Waals surface area (Å²) in [5.74, 6) is 0. The van der Waals surface area contributed by atoms with Crippen LogP contribution >= 0.6 is 23.2 Å². The van der Waals surface area contributed by atoms with Gasteiger partial charge in [0, 0.05) is 40.1 Å².